The second kappa shape index (κ2) is 8.29. The van der Waals surface area contributed by atoms with Gasteiger partial charge >= 0.3 is 0 Å². The highest BCUT2D eigenvalue weighted by Crippen LogP contribution is 2.44. The van der Waals surface area contributed by atoms with E-state index >= 15 is 0 Å². The third-order valence-corrected chi connectivity index (χ3v) is 5.89. The van der Waals surface area contributed by atoms with Crippen molar-refractivity contribution >= 4 is 0 Å². The monoisotopic (exact) mass is 265 g/mol. The fraction of sp³-hybridized carbons (Fsp3) is 1.00. The van der Waals surface area contributed by atoms with Crippen LogP contribution in [0, 0.1) is 17.8 Å². The zero-order chi connectivity index (χ0) is 13.5. The Morgan fingerprint density at radius 1 is 0.947 bits per heavy atom. The van der Waals surface area contributed by atoms with Crippen molar-refractivity contribution in [2.45, 2.75) is 90.0 Å². The molecule has 0 aromatic carbocycles. The summed E-state index contributed by atoms with van der Waals surface area (Å²) in [5, 5.41) is 3.64. The average Bonchev–Trinajstić information content (AvgIpc) is 2.47. The third kappa shape index (κ3) is 4.48. The fourth-order valence-electron chi connectivity index (χ4n) is 4.68. The zero-order valence-electron chi connectivity index (χ0n) is 13.3. The fourth-order valence-corrected chi connectivity index (χ4v) is 4.68. The van der Waals surface area contributed by atoms with Gasteiger partial charge in [-0.2, -0.15) is 0 Å². The van der Waals surface area contributed by atoms with E-state index in [0.29, 0.717) is 0 Å². The molecule has 2 aliphatic carbocycles. The molecule has 0 aliphatic heterocycles. The van der Waals surface area contributed by atoms with Crippen LogP contribution < -0.4 is 5.32 Å². The second-order valence-electron chi connectivity index (χ2n) is 7.12. The molecule has 2 fully saturated rings. The van der Waals surface area contributed by atoms with Gasteiger partial charge in [0.1, 0.15) is 0 Å². The highest BCUT2D eigenvalue weighted by Gasteiger charge is 2.34. The van der Waals surface area contributed by atoms with Crippen molar-refractivity contribution in [3.05, 3.63) is 0 Å². The minimum atomic E-state index is 0.805. The van der Waals surface area contributed by atoms with Crippen LogP contribution in [0.25, 0.3) is 0 Å². The predicted molar refractivity (Wildman–Crippen MR) is 84.4 cm³/mol. The molecule has 0 aromatic heterocycles. The number of hydrogen-bond acceptors (Lipinski definition) is 1. The topological polar surface area (TPSA) is 12.0 Å². The molecule has 1 nitrogen and oxygen atoms in total. The van der Waals surface area contributed by atoms with E-state index in [1.807, 2.05) is 0 Å². The van der Waals surface area contributed by atoms with Crippen LogP contribution in [0.1, 0.15) is 84.0 Å². The lowest BCUT2D eigenvalue weighted by molar-refractivity contribution is 0.108. The summed E-state index contributed by atoms with van der Waals surface area (Å²) in [6.07, 6.45) is 17.7. The number of nitrogens with one attached hydrogen (secondary N) is 1. The average molecular weight is 265 g/mol. The van der Waals surface area contributed by atoms with Crippen LogP contribution in [-0.2, 0) is 0 Å². The SMILES string of the molecule is CCCCCCC(NC)C1CCC2CCCCC2C1. The number of unbranched alkanes of at least 4 members (excludes halogenated alkanes) is 3. The Morgan fingerprint density at radius 3 is 2.47 bits per heavy atom. The Morgan fingerprint density at radius 2 is 1.74 bits per heavy atom. The number of rotatable bonds is 7. The molecule has 0 radical (unpaired) electrons. The minimum Gasteiger partial charge on any atom is -0.317 e. The maximum Gasteiger partial charge on any atom is 0.00924 e. The first kappa shape index (κ1) is 15.4. The Kier molecular flexibility index (Phi) is 6.70. The molecule has 2 rings (SSSR count). The highest BCUT2D eigenvalue weighted by molar-refractivity contribution is 4.87. The molecule has 0 bridgehead atoms. The van der Waals surface area contributed by atoms with Crippen molar-refractivity contribution in [2.75, 3.05) is 7.05 Å². The molecule has 4 unspecified atom stereocenters. The molecule has 4 atom stereocenters. The Balaban J connectivity index is 1.75. The second-order valence-corrected chi connectivity index (χ2v) is 7.12. The zero-order valence-corrected chi connectivity index (χ0v) is 13.3. The summed E-state index contributed by atoms with van der Waals surface area (Å²) in [4.78, 5) is 0. The summed E-state index contributed by atoms with van der Waals surface area (Å²) in [5.74, 6) is 3.16. The maximum atomic E-state index is 3.64. The van der Waals surface area contributed by atoms with Crippen molar-refractivity contribution in [2.24, 2.45) is 17.8 Å². The summed E-state index contributed by atoms with van der Waals surface area (Å²) in [5.41, 5.74) is 0. The Hall–Kier alpha value is -0.0400. The van der Waals surface area contributed by atoms with Crippen LogP contribution in [0.3, 0.4) is 0 Å². The van der Waals surface area contributed by atoms with Gasteiger partial charge in [-0.25, -0.2) is 0 Å². The van der Waals surface area contributed by atoms with E-state index in [-0.39, 0.29) is 0 Å². The van der Waals surface area contributed by atoms with Gasteiger partial charge in [-0.05, 0) is 50.5 Å². The molecule has 19 heavy (non-hydrogen) atoms. The standard InChI is InChI=1S/C18H35N/c1-3-4-5-6-11-18(19-2)17-13-12-15-9-7-8-10-16(15)14-17/h15-19H,3-14H2,1-2H3. The molecule has 112 valence electrons. The number of fused-ring (bicyclic) bond motifs is 1. The van der Waals surface area contributed by atoms with Gasteiger partial charge in [0.2, 0.25) is 0 Å². The molecule has 0 amide bonds. The lowest BCUT2D eigenvalue weighted by Gasteiger charge is -2.42. The first-order chi connectivity index (χ1) is 9.35. The normalized spacial score (nSPS) is 32.8. The van der Waals surface area contributed by atoms with Crippen molar-refractivity contribution in [3.63, 3.8) is 0 Å². The maximum absolute atomic E-state index is 3.64. The number of hydrogen-bond donors (Lipinski definition) is 1. The van der Waals surface area contributed by atoms with Gasteiger partial charge in [-0.15, -0.1) is 0 Å². The van der Waals surface area contributed by atoms with E-state index in [9.17, 15) is 0 Å². The molecule has 1 heteroatoms. The van der Waals surface area contributed by atoms with Gasteiger partial charge < -0.3 is 5.32 Å². The minimum absolute atomic E-state index is 0.805. The van der Waals surface area contributed by atoms with E-state index in [2.05, 4.69) is 19.3 Å². The van der Waals surface area contributed by atoms with Crippen LogP contribution in [-0.4, -0.2) is 13.1 Å². The molecular formula is C18H35N. The van der Waals surface area contributed by atoms with Gasteiger partial charge in [0.05, 0.1) is 0 Å². The first-order valence-corrected chi connectivity index (χ1v) is 9.02. The van der Waals surface area contributed by atoms with Gasteiger partial charge in [0, 0.05) is 6.04 Å². The van der Waals surface area contributed by atoms with E-state index in [4.69, 9.17) is 0 Å². The predicted octanol–water partition coefficient (Wildman–Crippen LogP) is 5.15. The summed E-state index contributed by atoms with van der Waals surface area (Å²) in [6, 6.07) is 0.805. The van der Waals surface area contributed by atoms with Gasteiger partial charge in [0.15, 0.2) is 0 Å². The highest BCUT2D eigenvalue weighted by atomic mass is 14.9. The summed E-state index contributed by atoms with van der Waals surface area (Å²) >= 11 is 0. The molecule has 0 spiro atoms. The van der Waals surface area contributed by atoms with Crippen LogP contribution in [0.2, 0.25) is 0 Å². The molecular weight excluding hydrogens is 230 g/mol. The van der Waals surface area contributed by atoms with Gasteiger partial charge in [-0.3, -0.25) is 0 Å². The summed E-state index contributed by atoms with van der Waals surface area (Å²) in [7, 11) is 2.19. The molecule has 2 aliphatic rings. The lowest BCUT2D eigenvalue weighted by Crippen LogP contribution is -2.39. The summed E-state index contributed by atoms with van der Waals surface area (Å²) in [6.45, 7) is 2.31. The van der Waals surface area contributed by atoms with Crippen molar-refractivity contribution in [1.82, 2.24) is 5.32 Å². The molecule has 2 saturated carbocycles. The molecule has 0 saturated heterocycles. The molecule has 0 heterocycles. The smallest absolute Gasteiger partial charge is 0.00924 e. The van der Waals surface area contributed by atoms with Gasteiger partial charge in [0.25, 0.3) is 0 Å². The first-order valence-electron chi connectivity index (χ1n) is 9.02. The van der Waals surface area contributed by atoms with Crippen LogP contribution in [0.4, 0.5) is 0 Å². The Labute approximate surface area is 120 Å². The Bertz CT molecular complexity index is 238. The lowest BCUT2D eigenvalue weighted by atomic mass is 9.65. The van der Waals surface area contributed by atoms with E-state index < -0.39 is 0 Å². The largest absolute Gasteiger partial charge is 0.317 e. The molecule has 1 N–H and O–H groups in total. The van der Waals surface area contributed by atoms with Crippen LogP contribution in [0.15, 0.2) is 0 Å². The van der Waals surface area contributed by atoms with E-state index in [0.717, 1.165) is 23.8 Å². The van der Waals surface area contributed by atoms with E-state index in [1.54, 1.807) is 0 Å². The third-order valence-electron chi connectivity index (χ3n) is 5.89. The van der Waals surface area contributed by atoms with Crippen molar-refractivity contribution in [3.8, 4) is 0 Å². The molecule has 0 aromatic rings. The van der Waals surface area contributed by atoms with Gasteiger partial charge in [-0.1, -0.05) is 58.3 Å². The van der Waals surface area contributed by atoms with Crippen LogP contribution >= 0.6 is 0 Å². The van der Waals surface area contributed by atoms with Crippen LogP contribution in [0.5, 0.6) is 0 Å². The van der Waals surface area contributed by atoms with Crippen molar-refractivity contribution in [1.29, 1.82) is 0 Å². The van der Waals surface area contributed by atoms with E-state index in [1.165, 1.54) is 77.0 Å². The van der Waals surface area contributed by atoms with Crippen molar-refractivity contribution < 1.29 is 0 Å². The quantitative estimate of drug-likeness (QED) is 0.628. The summed E-state index contributed by atoms with van der Waals surface area (Å²) < 4.78 is 0.